The molecule has 1 aromatic heterocycles. The molecule has 6 heteroatoms. The number of imidazole rings is 1. The Hall–Kier alpha value is -2.73. The summed E-state index contributed by atoms with van der Waals surface area (Å²) in [7, 11) is 1.85. The first kappa shape index (κ1) is 18.6. The number of nitrogens with zero attached hydrogens (tertiary/aromatic N) is 3. The molecule has 28 heavy (non-hydrogen) atoms. The molecular weight excluding hydrogens is 355 g/mol. The zero-order chi connectivity index (χ0) is 19.5. The topological polar surface area (TPSA) is 52.2 Å². The van der Waals surface area contributed by atoms with Crippen molar-refractivity contribution in [2.24, 2.45) is 0 Å². The Morgan fingerprint density at radius 1 is 1.29 bits per heavy atom. The van der Waals surface area contributed by atoms with E-state index in [0.29, 0.717) is 18.5 Å². The smallest absolute Gasteiger partial charge is 0.239 e. The minimum Gasteiger partial charge on any atom is -0.344 e. The molecule has 0 spiro atoms. The highest BCUT2D eigenvalue weighted by atomic mass is 19.1. The third-order valence-electron chi connectivity index (χ3n) is 5.43. The predicted molar refractivity (Wildman–Crippen MR) is 107 cm³/mol. The molecule has 146 valence electrons. The molecule has 1 saturated heterocycles. The van der Waals surface area contributed by atoms with Gasteiger partial charge in [0.25, 0.3) is 0 Å². The lowest BCUT2D eigenvalue weighted by Crippen LogP contribution is -2.44. The molecule has 0 unspecified atom stereocenters. The van der Waals surface area contributed by atoms with Crippen LogP contribution in [0.4, 0.5) is 4.39 Å². The molecule has 1 atom stereocenters. The number of carbonyl (C=O) groups excluding carboxylic acids is 1. The van der Waals surface area contributed by atoms with Crippen LogP contribution < -0.4 is 0 Å². The second-order valence-electron chi connectivity index (χ2n) is 7.47. The molecule has 1 aliphatic rings. The van der Waals surface area contributed by atoms with Crippen LogP contribution in [0.5, 0.6) is 0 Å². The molecule has 1 N–H and O–H groups in total. The second kappa shape index (κ2) is 8.10. The van der Waals surface area contributed by atoms with Gasteiger partial charge in [-0.25, -0.2) is 9.37 Å². The number of hydrogen-bond acceptors (Lipinski definition) is 3. The number of halogens is 1. The van der Waals surface area contributed by atoms with Crippen LogP contribution in [0.15, 0.2) is 48.5 Å². The Bertz CT molecular complexity index is 956. The van der Waals surface area contributed by atoms with Gasteiger partial charge in [-0.1, -0.05) is 30.3 Å². The molecule has 0 saturated carbocycles. The number of amides is 1. The highest BCUT2D eigenvalue weighted by molar-refractivity contribution is 5.82. The maximum Gasteiger partial charge on any atom is 0.239 e. The first-order chi connectivity index (χ1) is 13.6. The number of rotatable bonds is 6. The van der Waals surface area contributed by atoms with E-state index in [-0.39, 0.29) is 17.8 Å². The van der Waals surface area contributed by atoms with E-state index in [4.69, 9.17) is 0 Å². The summed E-state index contributed by atoms with van der Waals surface area (Å²) in [4.78, 5) is 24.7. The maximum absolute atomic E-state index is 13.3. The minimum absolute atomic E-state index is 0.0602. The fraction of sp³-hybridized carbons (Fsp3) is 0.364. The highest BCUT2D eigenvalue weighted by Gasteiger charge is 2.32. The normalized spacial score (nSPS) is 17.3. The van der Waals surface area contributed by atoms with Gasteiger partial charge in [-0.15, -0.1) is 0 Å². The lowest BCUT2D eigenvalue weighted by Gasteiger charge is -2.28. The summed E-state index contributed by atoms with van der Waals surface area (Å²) in [5, 5.41) is 0. The van der Waals surface area contributed by atoms with E-state index in [1.54, 1.807) is 11.0 Å². The number of aromatic nitrogens is 2. The van der Waals surface area contributed by atoms with Gasteiger partial charge in [0.1, 0.15) is 11.6 Å². The van der Waals surface area contributed by atoms with Crippen LogP contribution in [0, 0.1) is 5.82 Å². The van der Waals surface area contributed by atoms with Gasteiger partial charge in [0.05, 0.1) is 17.1 Å². The van der Waals surface area contributed by atoms with Crippen LogP contribution in [0.2, 0.25) is 0 Å². The number of H-pyrrole nitrogens is 1. The largest absolute Gasteiger partial charge is 0.344 e. The van der Waals surface area contributed by atoms with Crippen LogP contribution in [0.1, 0.15) is 24.2 Å². The predicted octanol–water partition coefficient (Wildman–Crippen LogP) is 3.37. The van der Waals surface area contributed by atoms with Gasteiger partial charge < -0.3 is 9.88 Å². The van der Waals surface area contributed by atoms with E-state index in [2.05, 4.69) is 27.0 Å². The fourth-order valence-corrected chi connectivity index (χ4v) is 3.90. The van der Waals surface area contributed by atoms with Crippen LogP contribution in [-0.4, -0.2) is 51.9 Å². The van der Waals surface area contributed by atoms with E-state index >= 15 is 0 Å². The van der Waals surface area contributed by atoms with Crippen molar-refractivity contribution in [2.45, 2.75) is 31.8 Å². The third-order valence-corrected chi connectivity index (χ3v) is 5.43. The first-order valence-electron chi connectivity index (χ1n) is 9.77. The number of carbonyl (C=O) groups is 1. The number of likely N-dealkylation sites (tertiary alicyclic amines) is 1. The summed E-state index contributed by atoms with van der Waals surface area (Å²) in [6.07, 6.45) is 2.57. The van der Waals surface area contributed by atoms with Crippen LogP contribution >= 0.6 is 0 Å². The van der Waals surface area contributed by atoms with Gasteiger partial charge in [0.15, 0.2) is 0 Å². The number of nitrogens with one attached hydrogen (secondary N) is 1. The molecule has 3 aromatic rings. The number of fused-ring (bicyclic) bond motifs is 1. The average molecular weight is 380 g/mol. The molecule has 1 amide bonds. The van der Waals surface area contributed by atoms with Gasteiger partial charge >= 0.3 is 0 Å². The Labute approximate surface area is 164 Å². The van der Waals surface area contributed by atoms with Crippen molar-refractivity contribution >= 4 is 16.9 Å². The van der Waals surface area contributed by atoms with Crippen molar-refractivity contribution < 1.29 is 9.18 Å². The van der Waals surface area contributed by atoms with Gasteiger partial charge in [-0.3, -0.25) is 9.69 Å². The Morgan fingerprint density at radius 2 is 2.11 bits per heavy atom. The molecule has 2 heterocycles. The number of hydrogen-bond donors (Lipinski definition) is 1. The van der Waals surface area contributed by atoms with E-state index in [9.17, 15) is 9.18 Å². The zero-order valence-corrected chi connectivity index (χ0v) is 16.1. The molecule has 1 aliphatic heterocycles. The average Bonchev–Trinajstić information content (AvgIpc) is 3.32. The summed E-state index contributed by atoms with van der Waals surface area (Å²) < 4.78 is 13.3. The molecule has 0 bridgehead atoms. The first-order valence-corrected chi connectivity index (χ1v) is 9.77. The van der Waals surface area contributed by atoms with Crippen molar-refractivity contribution in [3.8, 4) is 0 Å². The summed E-state index contributed by atoms with van der Waals surface area (Å²) in [5.41, 5.74) is 2.67. The molecular formula is C22H25FN4O. The zero-order valence-electron chi connectivity index (χ0n) is 16.1. The molecule has 0 aliphatic carbocycles. The van der Waals surface area contributed by atoms with Gasteiger partial charge in [-0.2, -0.15) is 0 Å². The van der Waals surface area contributed by atoms with Crippen LogP contribution in [0.3, 0.4) is 0 Å². The van der Waals surface area contributed by atoms with Crippen molar-refractivity contribution in [3.05, 3.63) is 65.7 Å². The highest BCUT2D eigenvalue weighted by Crippen LogP contribution is 2.22. The second-order valence-corrected chi connectivity index (χ2v) is 7.47. The van der Waals surface area contributed by atoms with E-state index in [0.717, 1.165) is 37.3 Å². The summed E-state index contributed by atoms with van der Waals surface area (Å²) >= 11 is 0. The lowest BCUT2D eigenvalue weighted by molar-refractivity contribution is -0.134. The number of benzene rings is 2. The molecule has 1 fully saturated rings. The summed E-state index contributed by atoms with van der Waals surface area (Å²) in [6, 6.07) is 14.7. The third kappa shape index (κ3) is 4.07. The minimum atomic E-state index is -0.283. The SMILES string of the molecule is CN(CCc1nc2ccc(F)cc2[nH]1)C(=O)[C@@H]1CCCN1Cc1ccccc1. The molecule has 0 radical (unpaired) electrons. The summed E-state index contributed by atoms with van der Waals surface area (Å²) in [6.45, 7) is 2.34. The Morgan fingerprint density at radius 3 is 2.93 bits per heavy atom. The Kier molecular flexibility index (Phi) is 5.39. The Balaban J connectivity index is 1.36. The van der Waals surface area contributed by atoms with E-state index < -0.39 is 0 Å². The van der Waals surface area contributed by atoms with Crippen molar-refractivity contribution in [3.63, 3.8) is 0 Å². The van der Waals surface area contributed by atoms with Crippen LogP contribution in [0.25, 0.3) is 11.0 Å². The fourth-order valence-electron chi connectivity index (χ4n) is 3.90. The molecule has 4 rings (SSSR count). The lowest BCUT2D eigenvalue weighted by atomic mass is 10.1. The molecule has 5 nitrogen and oxygen atoms in total. The van der Waals surface area contributed by atoms with Crippen molar-refractivity contribution in [1.29, 1.82) is 0 Å². The number of likely N-dealkylation sites (N-methyl/N-ethyl adjacent to an activating group) is 1. The summed E-state index contributed by atoms with van der Waals surface area (Å²) in [5.74, 6) is 0.651. The van der Waals surface area contributed by atoms with Gasteiger partial charge in [-0.05, 0) is 43.1 Å². The molecule has 2 aromatic carbocycles. The standard InChI is InChI=1S/C22H25FN4O/c1-26(13-11-21-24-18-10-9-17(23)14-19(18)25-21)22(28)20-8-5-12-27(20)15-16-6-3-2-4-7-16/h2-4,6-7,9-10,14,20H,5,8,11-13,15H2,1H3,(H,24,25)/t20-/m0/s1. The quantitative estimate of drug-likeness (QED) is 0.713. The van der Waals surface area contributed by atoms with Crippen LogP contribution in [-0.2, 0) is 17.8 Å². The van der Waals surface area contributed by atoms with E-state index in [1.165, 1.54) is 17.7 Å². The van der Waals surface area contributed by atoms with E-state index in [1.807, 2.05) is 25.2 Å². The van der Waals surface area contributed by atoms with Crippen molar-refractivity contribution in [1.82, 2.24) is 19.8 Å². The maximum atomic E-state index is 13.3. The number of aromatic amines is 1. The van der Waals surface area contributed by atoms with Gasteiger partial charge in [0.2, 0.25) is 5.91 Å². The monoisotopic (exact) mass is 380 g/mol. The van der Waals surface area contributed by atoms with Gasteiger partial charge in [0, 0.05) is 26.6 Å². The van der Waals surface area contributed by atoms with Crippen molar-refractivity contribution in [2.75, 3.05) is 20.1 Å².